The second kappa shape index (κ2) is 9.45. The van der Waals surface area contributed by atoms with Crippen LogP contribution < -0.4 is 4.74 Å². The molecule has 31 heavy (non-hydrogen) atoms. The maximum Gasteiger partial charge on any atom is 0.433 e. The standard InChI is InChI=1S/C22H19ClF3N3O2/c1-3-27-9-8-18(30)14-5-6-17-15(11-14)20(23)16(21(29-17)31-2)10-13-4-7-19(28-12-13)22(24,25)26/h3-9,11-12,18,30H,10H2,1-2H3/b9-8+,27-3+. The van der Waals surface area contributed by atoms with Crippen LogP contribution in [-0.4, -0.2) is 28.4 Å². The van der Waals surface area contributed by atoms with Gasteiger partial charge >= 0.3 is 6.18 Å². The monoisotopic (exact) mass is 449 g/mol. The van der Waals surface area contributed by atoms with Crippen LogP contribution in [0.15, 0.2) is 53.8 Å². The van der Waals surface area contributed by atoms with Crippen LogP contribution in [-0.2, 0) is 12.6 Å². The molecule has 1 aromatic carbocycles. The number of ether oxygens (including phenoxy) is 1. The van der Waals surface area contributed by atoms with Crippen molar-refractivity contribution in [1.82, 2.24) is 9.97 Å². The number of rotatable bonds is 6. The quantitative estimate of drug-likeness (QED) is 0.502. The molecule has 3 aromatic rings. The Morgan fingerprint density at radius 2 is 2.03 bits per heavy atom. The summed E-state index contributed by atoms with van der Waals surface area (Å²) < 4.78 is 43.6. The third-order valence-electron chi connectivity index (χ3n) is 4.54. The van der Waals surface area contributed by atoms with Crippen molar-refractivity contribution in [1.29, 1.82) is 0 Å². The van der Waals surface area contributed by atoms with Gasteiger partial charge in [0.15, 0.2) is 0 Å². The van der Waals surface area contributed by atoms with E-state index in [9.17, 15) is 18.3 Å². The van der Waals surface area contributed by atoms with Crippen molar-refractivity contribution in [2.75, 3.05) is 7.11 Å². The molecule has 0 aliphatic carbocycles. The summed E-state index contributed by atoms with van der Waals surface area (Å²) in [5, 5.41) is 11.3. The first-order valence-electron chi connectivity index (χ1n) is 9.25. The highest BCUT2D eigenvalue weighted by atomic mass is 35.5. The van der Waals surface area contributed by atoms with Crippen LogP contribution in [0.1, 0.15) is 35.4 Å². The molecule has 0 bridgehead atoms. The van der Waals surface area contributed by atoms with Gasteiger partial charge in [-0.1, -0.05) is 23.7 Å². The fraction of sp³-hybridized carbons (Fsp3) is 0.227. The molecule has 0 aliphatic rings. The first-order chi connectivity index (χ1) is 14.7. The highest BCUT2D eigenvalue weighted by molar-refractivity contribution is 6.36. The van der Waals surface area contributed by atoms with Crippen LogP contribution in [0.2, 0.25) is 5.02 Å². The molecule has 9 heteroatoms. The molecule has 1 unspecified atom stereocenters. The number of methoxy groups -OCH3 is 1. The number of nitrogens with zero attached hydrogens (tertiary/aromatic N) is 3. The van der Waals surface area contributed by atoms with E-state index in [-0.39, 0.29) is 12.3 Å². The molecular weight excluding hydrogens is 431 g/mol. The van der Waals surface area contributed by atoms with E-state index in [4.69, 9.17) is 16.3 Å². The first-order valence-corrected chi connectivity index (χ1v) is 9.63. The second-order valence-corrected chi connectivity index (χ2v) is 6.99. The number of hydrogen-bond acceptors (Lipinski definition) is 5. The van der Waals surface area contributed by atoms with E-state index in [0.717, 1.165) is 12.3 Å². The molecule has 2 heterocycles. The van der Waals surface area contributed by atoms with Gasteiger partial charge in [0, 0.05) is 36.0 Å². The van der Waals surface area contributed by atoms with Gasteiger partial charge in [-0.25, -0.2) is 4.98 Å². The Labute approximate surface area is 181 Å². The molecule has 0 fully saturated rings. The van der Waals surface area contributed by atoms with E-state index < -0.39 is 18.0 Å². The highest BCUT2D eigenvalue weighted by Crippen LogP contribution is 2.35. The maximum atomic E-state index is 12.8. The van der Waals surface area contributed by atoms with E-state index in [2.05, 4.69) is 15.0 Å². The fourth-order valence-corrected chi connectivity index (χ4v) is 3.29. The fourth-order valence-electron chi connectivity index (χ4n) is 3.00. The first kappa shape index (κ1) is 22.7. The van der Waals surface area contributed by atoms with Crippen molar-refractivity contribution in [2.24, 2.45) is 4.99 Å². The maximum absolute atomic E-state index is 12.8. The lowest BCUT2D eigenvalue weighted by molar-refractivity contribution is -0.141. The second-order valence-electron chi connectivity index (χ2n) is 6.61. The van der Waals surface area contributed by atoms with Gasteiger partial charge in [-0.2, -0.15) is 13.2 Å². The van der Waals surface area contributed by atoms with E-state index in [1.807, 2.05) is 0 Å². The van der Waals surface area contributed by atoms with Gasteiger partial charge in [0.2, 0.25) is 5.88 Å². The minimum atomic E-state index is -4.51. The number of benzene rings is 1. The van der Waals surface area contributed by atoms with Crippen molar-refractivity contribution in [2.45, 2.75) is 25.6 Å². The Kier molecular flexibility index (Phi) is 6.92. The Morgan fingerprint density at radius 3 is 2.65 bits per heavy atom. The number of halogens is 4. The van der Waals surface area contributed by atoms with Crippen LogP contribution in [0.3, 0.4) is 0 Å². The SMILES string of the molecule is C/C=N/C=C/C(O)c1ccc2nc(OC)c(Cc3ccc(C(F)(F)F)nc3)c(Cl)c2c1. The number of fused-ring (bicyclic) bond motifs is 1. The lowest BCUT2D eigenvalue weighted by atomic mass is 10.0. The molecule has 0 radical (unpaired) electrons. The van der Waals surface area contributed by atoms with E-state index in [1.165, 1.54) is 25.5 Å². The third-order valence-corrected chi connectivity index (χ3v) is 4.97. The molecule has 0 amide bonds. The average molecular weight is 450 g/mol. The molecule has 3 rings (SSSR count). The third kappa shape index (κ3) is 5.21. The van der Waals surface area contributed by atoms with Crippen molar-refractivity contribution in [3.63, 3.8) is 0 Å². The molecule has 2 aromatic heterocycles. The van der Waals surface area contributed by atoms with E-state index in [1.54, 1.807) is 31.3 Å². The number of hydrogen-bond donors (Lipinski definition) is 1. The number of pyridine rings is 2. The predicted molar refractivity (Wildman–Crippen MR) is 114 cm³/mol. The normalized spacial score (nSPS) is 13.4. The smallest absolute Gasteiger partial charge is 0.433 e. The number of alkyl halides is 3. The van der Waals surface area contributed by atoms with Gasteiger partial charge in [-0.15, -0.1) is 0 Å². The number of aliphatic imine (C=N–C) groups is 1. The molecule has 162 valence electrons. The molecule has 0 saturated carbocycles. The van der Waals surface area contributed by atoms with Crippen LogP contribution in [0.25, 0.3) is 10.9 Å². The number of aliphatic hydroxyl groups excluding tert-OH is 1. The zero-order chi connectivity index (χ0) is 22.6. The van der Waals surface area contributed by atoms with E-state index >= 15 is 0 Å². The summed E-state index contributed by atoms with van der Waals surface area (Å²) in [7, 11) is 1.44. The van der Waals surface area contributed by atoms with Crippen LogP contribution in [0.4, 0.5) is 13.2 Å². The summed E-state index contributed by atoms with van der Waals surface area (Å²) >= 11 is 6.64. The minimum absolute atomic E-state index is 0.175. The van der Waals surface area contributed by atoms with Crippen molar-refractivity contribution in [3.8, 4) is 5.88 Å². The molecule has 0 saturated heterocycles. The van der Waals surface area contributed by atoms with Gasteiger partial charge in [0.05, 0.1) is 23.8 Å². The topological polar surface area (TPSA) is 67.6 Å². The number of aliphatic hydroxyl groups is 1. The molecule has 0 aliphatic heterocycles. The number of aromatic nitrogens is 2. The van der Waals surface area contributed by atoms with Crippen LogP contribution >= 0.6 is 11.6 Å². The predicted octanol–water partition coefficient (Wildman–Crippen LogP) is 5.54. The van der Waals surface area contributed by atoms with Gasteiger partial charge in [-0.05, 0) is 42.3 Å². The largest absolute Gasteiger partial charge is 0.481 e. The summed E-state index contributed by atoms with van der Waals surface area (Å²) in [6.45, 7) is 1.76. The zero-order valence-corrected chi connectivity index (χ0v) is 17.4. The van der Waals surface area contributed by atoms with Gasteiger partial charge in [-0.3, -0.25) is 9.98 Å². The highest BCUT2D eigenvalue weighted by Gasteiger charge is 2.32. The van der Waals surface area contributed by atoms with Crippen molar-refractivity contribution < 1.29 is 23.0 Å². The molecule has 0 spiro atoms. The molecule has 1 atom stereocenters. The summed E-state index contributed by atoms with van der Waals surface area (Å²) in [5.41, 5.74) is 1.21. The average Bonchev–Trinajstić information content (AvgIpc) is 2.75. The Balaban J connectivity index is 2.01. The lowest BCUT2D eigenvalue weighted by Gasteiger charge is -2.14. The van der Waals surface area contributed by atoms with Crippen LogP contribution in [0.5, 0.6) is 5.88 Å². The summed E-state index contributed by atoms with van der Waals surface area (Å²) in [4.78, 5) is 11.9. The summed E-state index contributed by atoms with van der Waals surface area (Å²) in [6.07, 6.45) is 0.544. The van der Waals surface area contributed by atoms with Gasteiger partial charge < -0.3 is 9.84 Å². The molecule has 5 nitrogen and oxygen atoms in total. The summed E-state index contributed by atoms with van der Waals surface area (Å²) in [6, 6.07) is 7.40. The van der Waals surface area contributed by atoms with Gasteiger partial charge in [0.1, 0.15) is 5.69 Å². The zero-order valence-electron chi connectivity index (χ0n) is 16.7. The van der Waals surface area contributed by atoms with E-state index in [0.29, 0.717) is 32.6 Å². The minimum Gasteiger partial charge on any atom is -0.481 e. The van der Waals surface area contributed by atoms with Gasteiger partial charge in [0.25, 0.3) is 0 Å². The lowest BCUT2D eigenvalue weighted by Crippen LogP contribution is -2.08. The Hall–Kier alpha value is -2.97. The van der Waals surface area contributed by atoms with Crippen LogP contribution in [0, 0.1) is 0 Å². The molecular formula is C22H19ClF3N3O2. The van der Waals surface area contributed by atoms with Crippen molar-refractivity contribution in [3.05, 3.63) is 76.2 Å². The summed E-state index contributed by atoms with van der Waals surface area (Å²) in [5.74, 6) is 0.267. The van der Waals surface area contributed by atoms with Crippen molar-refractivity contribution >= 4 is 28.7 Å². The Morgan fingerprint density at radius 1 is 1.26 bits per heavy atom. The Bertz CT molecular complexity index is 1130. The molecule has 1 N–H and O–H groups in total.